The highest BCUT2D eigenvalue weighted by molar-refractivity contribution is 5.69. The molecule has 0 aliphatic heterocycles. The van der Waals surface area contributed by atoms with Gasteiger partial charge in [0, 0.05) is 12.8 Å². The van der Waals surface area contributed by atoms with E-state index in [0.717, 1.165) is 80.0 Å². The number of carbonyl (C=O) groups excluding carboxylic acids is 1. The molecule has 4 aliphatic rings. The molecule has 3 saturated carbocycles. The molecule has 4 rings (SSSR count). The van der Waals surface area contributed by atoms with Crippen molar-refractivity contribution in [2.75, 3.05) is 0 Å². The zero-order chi connectivity index (χ0) is 33.9. The van der Waals surface area contributed by atoms with Crippen molar-refractivity contribution in [3.8, 4) is 0 Å². The van der Waals surface area contributed by atoms with Crippen molar-refractivity contribution in [3.05, 3.63) is 36.0 Å². The average Bonchev–Trinajstić information content (AvgIpc) is 3.41. The zero-order valence-electron chi connectivity index (χ0n) is 32.2. The number of hydrogen-bond donors (Lipinski definition) is 0. The fourth-order valence-corrected chi connectivity index (χ4v) is 11.0. The number of unbranched alkanes of at least 4 members (excludes halogenated alkanes) is 7. The van der Waals surface area contributed by atoms with E-state index in [9.17, 15) is 4.79 Å². The van der Waals surface area contributed by atoms with E-state index in [1.165, 1.54) is 89.9 Å². The van der Waals surface area contributed by atoms with Crippen molar-refractivity contribution in [1.82, 2.24) is 0 Å². The molecule has 9 atom stereocenters. The van der Waals surface area contributed by atoms with E-state index in [1.54, 1.807) is 5.57 Å². The maximum Gasteiger partial charge on any atom is 0.306 e. The van der Waals surface area contributed by atoms with Gasteiger partial charge < -0.3 is 4.74 Å². The summed E-state index contributed by atoms with van der Waals surface area (Å²) in [6.45, 7) is 17.3. The van der Waals surface area contributed by atoms with Gasteiger partial charge in [-0.25, -0.2) is 0 Å². The number of hydrogen-bond acceptors (Lipinski definition) is 2. The second-order valence-electron chi connectivity index (χ2n) is 17.7. The van der Waals surface area contributed by atoms with Gasteiger partial charge >= 0.3 is 5.97 Å². The van der Waals surface area contributed by atoms with Crippen LogP contribution < -0.4 is 0 Å². The normalized spacial score (nSPS) is 33.4. The van der Waals surface area contributed by atoms with Crippen LogP contribution in [-0.4, -0.2) is 12.1 Å². The smallest absolute Gasteiger partial charge is 0.306 e. The van der Waals surface area contributed by atoms with Crippen LogP contribution in [0.1, 0.15) is 183 Å². The first-order valence-electron chi connectivity index (χ1n) is 20.8. The van der Waals surface area contributed by atoms with Gasteiger partial charge in [0.2, 0.25) is 0 Å². The second-order valence-corrected chi connectivity index (χ2v) is 17.7. The van der Waals surface area contributed by atoms with Crippen LogP contribution in [0.25, 0.3) is 0 Å². The Hall–Kier alpha value is -1.31. The number of allylic oxidation sites excluding steroid dienone is 5. The Labute approximate surface area is 292 Å². The molecular formula is C45H76O2. The molecule has 4 aliphatic carbocycles. The van der Waals surface area contributed by atoms with Crippen LogP contribution in [0.15, 0.2) is 36.0 Å². The Morgan fingerprint density at radius 3 is 2.32 bits per heavy atom. The monoisotopic (exact) mass is 649 g/mol. The van der Waals surface area contributed by atoms with Crippen molar-refractivity contribution in [1.29, 1.82) is 0 Å². The van der Waals surface area contributed by atoms with E-state index in [4.69, 9.17) is 4.74 Å². The van der Waals surface area contributed by atoms with E-state index in [0.29, 0.717) is 17.3 Å². The van der Waals surface area contributed by atoms with Crippen molar-refractivity contribution in [2.24, 2.45) is 52.3 Å². The fraction of sp³-hybridized carbons (Fsp3) is 0.844. The quantitative estimate of drug-likeness (QED) is 0.0791. The van der Waals surface area contributed by atoms with E-state index >= 15 is 0 Å². The third-order valence-corrected chi connectivity index (χ3v) is 14.4. The molecule has 0 radical (unpaired) electrons. The molecule has 0 aromatic heterocycles. The lowest BCUT2D eigenvalue weighted by atomic mass is 9.47. The summed E-state index contributed by atoms with van der Waals surface area (Å²) >= 11 is 0. The highest BCUT2D eigenvalue weighted by atomic mass is 16.5. The third kappa shape index (κ3) is 10.1. The summed E-state index contributed by atoms with van der Waals surface area (Å²) in [5.74, 6) is 6.07. The minimum Gasteiger partial charge on any atom is -0.462 e. The summed E-state index contributed by atoms with van der Waals surface area (Å²) in [7, 11) is 0. The van der Waals surface area contributed by atoms with Gasteiger partial charge in [-0.05, 0) is 129 Å². The Bertz CT molecular complexity index is 1030. The number of esters is 1. The summed E-state index contributed by atoms with van der Waals surface area (Å²) < 4.78 is 6.12. The van der Waals surface area contributed by atoms with Crippen molar-refractivity contribution in [2.45, 2.75) is 189 Å². The standard InChI is InChI=1S/C45H76O2/c1-8-9-10-11-12-13-14-15-16-17-18-19-20-21-22-43(46)47-38-29-31-44(6)37(33-38)25-26-39-41-28-27-40(45(41,7)32-30-42(39)44)36(5)24-23-35(4)34(2)3/h9-10,12-13,25,34-36,38-42H,8,11,14-24,26-33H2,1-7H3/b10-9+,13-12+. The summed E-state index contributed by atoms with van der Waals surface area (Å²) in [5, 5.41) is 0. The minimum absolute atomic E-state index is 0.0517. The number of ether oxygens (including phenoxy) is 1. The van der Waals surface area contributed by atoms with Gasteiger partial charge in [-0.3, -0.25) is 4.79 Å². The molecule has 268 valence electrons. The highest BCUT2D eigenvalue weighted by Gasteiger charge is 2.59. The first-order valence-corrected chi connectivity index (χ1v) is 20.8. The summed E-state index contributed by atoms with van der Waals surface area (Å²) in [6.07, 6.45) is 37.7. The molecule has 0 aromatic carbocycles. The van der Waals surface area contributed by atoms with Gasteiger partial charge in [-0.2, -0.15) is 0 Å². The average molecular weight is 649 g/mol. The Morgan fingerprint density at radius 2 is 1.57 bits per heavy atom. The van der Waals surface area contributed by atoms with Crippen LogP contribution in [0, 0.1) is 52.3 Å². The molecule has 2 heteroatoms. The van der Waals surface area contributed by atoms with Gasteiger partial charge in [-0.1, -0.05) is 129 Å². The maximum atomic E-state index is 12.8. The van der Waals surface area contributed by atoms with Crippen LogP contribution in [-0.2, 0) is 9.53 Å². The molecule has 0 heterocycles. The van der Waals surface area contributed by atoms with Gasteiger partial charge in [0.05, 0.1) is 0 Å². The summed E-state index contributed by atoms with van der Waals surface area (Å²) in [5.41, 5.74) is 2.51. The molecule has 0 N–H and O–H groups in total. The molecule has 3 fully saturated rings. The molecule has 0 amide bonds. The van der Waals surface area contributed by atoms with Gasteiger partial charge in [0.25, 0.3) is 0 Å². The first kappa shape index (κ1) is 38.5. The fourth-order valence-electron chi connectivity index (χ4n) is 11.0. The minimum atomic E-state index is 0.0517. The lowest BCUT2D eigenvalue weighted by Crippen LogP contribution is -2.51. The summed E-state index contributed by atoms with van der Waals surface area (Å²) in [4.78, 5) is 12.8. The molecule has 9 unspecified atom stereocenters. The molecule has 0 spiro atoms. The van der Waals surface area contributed by atoms with Gasteiger partial charge in [0.1, 0.15) is 6.10 Å². The largest absolute Gasteiger partial charge is 0.462 e. The molecule has 0 bridgehead atoms. The highest BCUT2D eigenvalue weighted by Crippen LogP contribution is 2.67. The maximum absolute atomic E-state index is 12.8. The van der Waals surface area contributed by atoms with Gasteiger partial charge in [-0.15, -0.1) is 0 Å². The van der Waals surface area contributed by atoms with Crippen molar-refractivity contribution < 1.29 is 9.53 Å². The third-order valence-electron chi connectivity index (χ3n) is 14.4. The predicted octanol–water partition coefficient (Wildman–Crippen LogP) is 13.6. The van der Waals surface area contributed by atoms with E-state index < -0.39 is 0 Å². The molecule has 47 heavy (non-hydrogen) atoms. The summed E-state index contributed by atoms with van der Waals surface area (Å²) in [6, 6.07) is 0. The second kappa shape index (κ2) is 18.6. The molecule has 0 aromatic rings. The van der Waals surface area contributed by atoms with Crippen molar-refractivity contribution >= 4 is 5.97 Å². The lowest BCUT2D eigenvalue weighted by molar-refractivity contribution is -0.151. The molecule has 0 saturated heterocycles. The van der Waals surface area contributed by atoms with Gasteiger partial charge in [0.15, 0.2) is 0 Å². The predicted molar refractivity (Wildman–Crippen MR) is 202 cm³/mol. The van der Waals surface area contributed by atoms with Crippen LogP contribution in [0.5, 0.6) is 0 Å². The van der Waals surface area contributed by atoms with E-state index in [1.807, 2.05) is 0 Å². The van der Waals surface area contributed by atoms with Crippen LogP contribution in [0.4, 0.5) is 0 Å². The van der Waals surface area contributed by atoms with E-state index in [-0.39, 0.29) is 12.1 Å². The van der Waals surface area contributed by atoms with Crippen LogP contribution in [0.3, 0.4) is 0 Å². The first-order chi connectivity index (χ1) is 22.6. The van der Waals surface area contributed by atoms with E-state index in [2.05, 4.69) is 78.8 Å². The lowest BCUT2D eigenvalue weighted by Gasteiger charge is -2.58. The Balaban J connectivity index is 1.15. The molecule has 2 nitrogen and oxygen atoms in total. The number of fused-ring (bicyclic) bond motifs is 5. The van der Waals surface area contributed by atoms with Crippen LogP contribution in [0.2, 0.25) is 0 Å². The zero-order valence-corrected chi connectivity index (χ0v) is 32.2. The number of rotatable bonds is 19. The van der Waals surface area contributed by atoms with Crippen molar-refractivity contribution in [3.63, 3.8) is 0 Å². The SMILES string of the molecule is CC/C=C/C/C=C/CCCCCCCCCC(=O)OC1CCC2(C)C(=CCC3C2CCC2(C)C(C(C)CCC(C)C(C)C)CCC32)C1. The van der Waals surface area contributed by atoms with Crippen LogP contribution >= 0.6 is 0 Å². The topological polar surface area (TPSA) is 26.3 Å². The Kier molecular flexibility index (Phi) is 15.2. The number of carbonyl (C=O) groups is 1. The molecular weight excluding hydrogens is 572 g/mol. The Morgan fingerprint density at radius 1 is 0.851 bits per heavy atom.